The molecular weight excluding hydrogens is 394 g/mol. The standard InChI is InChI=1S/C18H8F6O4/c19-17(20,21)15(25)27-13-9-5-1-2-6-10(9)14(28-16(26)18(22,23)24)12-8-4-3-7-11(12)13/h1-8H. The topological polar surface area (TPSA) is 52.6 Å². The number of halogens is 6. The van der Waals surface area contributed by atoms with Gasteiger partial charge in [-0.25, -0.2) is 9.59 Å². The molecule has 0 atom stereocenters. The van der Waals surface area contributed by atoms with Crippen molar-refractivity contribution in [3.8, 4) is 11.5 Å². The number of benzene rings is 3. The van der Waals surface area contributed by atoms with E-state index in [1.54, 1.807) is 0 Å². The minimum atomic E-state index is -5.29. The van der Waals surface area contributed by atoms with Crippen LogP contribution < -0.4 is 9.47 Å². The Bertz CT molecular complexity index is 942. The Balaban J connectivity index is 2.30. The first kappa shape index (κ1) is 19.5. The predicted molar refractivity (Wildman–Crippen MR) is 84.8 cm³/mol. The number of ether oxygens (including phenoxy) is 2. The van der Waals surface area contributed by atoms with Gasteiger partial charge in [-0.3, -0.25) is 0 Å². The summed E-state index contributed by atoms with van der Waals surface area (Å²) in [4.78, 5) is 22.7. The Morgan fingerprint density at radius 3 is 1.04 bits per heavy atom. The van der Waals surface area contributed by atoms with Crippen molar-refractivity contribution in [2.24, 2.45) is 0 Å². The van der Waals surface area contributed by atoms with Crippen LogP contribution in [0.25, 0.3) is 21.5 Å². The molecule has 3 rings (SSSR count). The van der Waals surface area contributed by atoms with E-state index >= 15 is 0 Å². The van der Waals surface area contributed by atoms with E-state index in [2.05, 4.69) is 9.47 Å². The molecule has 0 aliphatic heterocycles. The van der Waals surface area contributed by atoms with Gasteiger partial charge < -0.3 is 9.47 Å². The quantitative estimate of drug-likeness (QED) is 0.264. The molecule has 0 N–H and O–H groups in total. The van der Waals surface area contributed by atoms with E-state index in [0.29, 0.717) is 0 Å². The van der Waals surface area contributed by atoms with Crippen molar-refractivity contribution in [2.75, 3.05) is 0 Å². The van der Waals surface area contributed by atoms with Crippen molar-refractivity contribution in [1.29, 1.82) is 0 Å². The van der Waals surface area contributed by atoms with Gasteiger partial charge in [-0.1, -0.05) is 48.5 Å². The van der Waals surface area contributed by atoms with Crippen molar-refractivity contribution in [1.82, 2.24) is 0 Å². The third kappa shape index (κ3) is 3.57. The molecule has 0 fully saturated rings. The lowest BCUT2D eigenvalue weighted by atomic mass is 10.0. The van der Waals surface area contributed by atoms with E-state index in [1.807, 2.05) is 0 Å². The molecule has 0 aliphatic carbocycles. The minimum absolute atomic E-state index is 0.135. The van der Waals surface area contributed by atoms with Gasteiger partial charge in [0.2, 0.25) is 0 Å². The van der Waals surface area contributed by atoms with Crippen LogP contribution in [0.2, 0.25) is 0 Å². The summed E-state index contributed by atoms with van der Waals surface area (Å²) in [7, 11) is 0. The molecule has 4 nitrogen and oxygen atoms in total. The lowest BCUT2D eigenvalue weighted by Gasteiger charge is -2.17. The summed E-state index contributed by atoms with van der Waals surface area (Å²) in [6, 6.07) is 10.4. The van der Waals surface area contributed by atoms with Gasteiger partial charge in [0, 0.05) is 21.5 Å². The Morgan fingerprint density at radius 2 is 0.821 bits per heavy atom. The van der Waals surface area contributed by atoms with E-state index in [4.69, 9.17) is 0 Å². The molecular formula is C18H8F6O4. The first-order valence-electron chi connectivity index (χ1n) is 7.51. The third-order valence-corrected chi connectivity index (χ3v) is 3.69. The fourth-order valence-corrected chi connectivity index (χ4v) is 2.57. The van der Waals surface area contributed by atoms with E-state index < -0.39 is 35.8 Å². The van der Waals surface area contributed by atoms with Crippen LogP contribution in [0, 0.1) is 0 Å². The van der Waals surface area contributed by atoms with Crippen LogP contribution in [-0.2, 0) is 9.59 Å². The van der Waals surface area contributed by atoms with Crippen molar-refractivity contribution >= 4 is 33.5 Å². The molecule has 146 valence electrons. The van der Waals surface area contributed by atoms with Crippen LogP contribution in [0.3, 0.4) is 0 Å². The smallest absolute Gasteiger partial charge is 0.419 e. The number of hydrogen-bond donors (Lipinski definition) is 0. The van der Waals surface area contributed by atoms with Crippen molar-refractivity contribution in [2.45, 2.75) is 12.4 Å². The van der Waals surface area contributed by atoms with E-state index in [1.165, 1.54) is 48.5 Å². The zero-order valence-electron chi connectivity index (χ0n) is 13.5. The highest BCUT2D eigenvalue weighted by Gasteiger charge is 2.43. The Labute approximate surface area is 152 Å². The molecule has 0 aromatic heterocycles. The number of carbonyl (C=O) groups excluding carboxylic acids is 2. The van der Waals surface area contributed by atoms with Crippen LogP contribution in [0.15, 0.2) is 48.5 Å². The molecule has 3 aromatic rings. The summed E-state index contributed by atoms with van der Waals surface area (Å²) in [6.07, 6.45) is -10.6. The maximum Gasteiger partial charge on any atom is 0.491 e. The molecule has 10 heteroatoms. The van der Waals surface area contributed by atoms with Gasteiger partial charge in [0.1, 0.15) is 11.5 Å². The highest BCUT2D eigenvalue weighted by molar-refractivity contribution is 6.12. The minimum Gasteiger partial charge on any atom is -0.419 e. The Kier molecular flexibility index (Phi) is 4.66. The number of alkyl halides is 6. The highest BCUT2D eigenvalue weighted by Crippen LogP contribution is 2.43. The van der Waals surface area contributed by atoms with Gasteiger partial charge in [-0.2, -0.15) is 26.3 Å². The predicted octanol–water partition coefficient (Wildman–Crippen LogP) is 4.93. The summed E-state index contributed by atoms with van der Waals surface area (Å²) in [5, 5.41) is -0.542. The highest BCUT2D eigenvalue weighted by atomic mass is 19.4. The summed E-state index contributed by atoms with van der Waals surface area (Å²) in [5.74, 6) is -6.02. The summed E-state index contributed by atoms with van der Waals surface area (Å²) in [5.41, 5.74) is 0. The van der Waals surface area contributed by atoms with E-state index in [0.717, 1.165) is 0 Å². The molecule has 0 bridgehead atoms. The zero-order valence-corrected chi connectivity index (χ0v) is 13.5. The normalized spacial score (nSPS) is 12.2. The maximum absolute atomic E-state index is 12.6. The SMILES string of the molecule is O=C(Oc1c2ccccc2c(OC(=O)C(F)(F)F)c2ccccc12)C(F)(F)F. The van der Waals surface area contributed by atoms with Gasteiger partial charge in [-0.05, 0) is 0 Å². The van der Waals surface area contributed by atoms with Crippen LogP contribution >= 0.6 is 0 Å². The fraction of sp³-hybridized carbons (Fsp3) is 0.111. The molecule has 0 aliphatic rings. The fourth-order valence-electron chi connectivity index (χ4n) is 2.57. The second kappa shape index (κ2) is 6.70. The number of fused-ring (bicyclic) bond motifs is 2. The second-order valence-corrected chi connectivity index (χ2v) is 5.52. The molecule has 28 heavy (non-hydrogen) atoms. The molecule has 0 amide bonds. The van der Waals surface area contributed by atoms with E-state index in [9.17, 15) is 35.9 Å². The van der Waals surface area contributed by atoms with Crippen LogP contribution in [0.4, 0.5) is 26.3 Å². The summed E-state index contributed by atoms with van der Waals surface area (Å²) in [6.45, 7) is 0. The molecule has 0 saturated carbocycles. The summed E-state index contributed by atoms with van der Waals surface area (Å²) >= 11 is 0. The van der Waals surface area contributed by atoms with Gasteiger partial charge in [0.25, 0.3) is 0 Å². The Morgan fingerprint density at radius 1 is 0.571 bits per heavy atom. The van der Waals surface area contributed by atoms with Crippen molar-refractivity contribution < 1.29 is 45.4 Å². The third-order valence-electron chi connectivity index (χ3n) is 3.69. The number of hydrogen-bond acceptors (Lipinski definition) is 4. The monoisotopic (exact) mass is 402 g/mol. The largest absolute Gasteiger partial charge is 0.491 e. The summed E-state index contributed by atoms with van der Waals surface area (Å²) < 4.78 is 84.9. The Hall–Kier alpha value is -3.30. The molecule has 0 unspecified atom stereocenters. The maximum atomic E-state index is 12.6. The molecule has 3 aromatic carbocycles. The van der Waals surface area contributed by atoms with Crippen LogP contribution in [-0.4, -0.2) is 24.3 Å². The average molecular weight is 402 g/mol. The van der Waals surface area contributed by atoms with E-state index in [-0.39, 0.29) is 21.5 Å². The number of carbonyl (C=O) groups is 2. The van der Waals surface area contributed by atoms with Gasteiger partial charge in [-0.15, -0.1) is 0 Å². The van der Waals surface area contributed by atoms with Crippen molar-refractivity contribution in [3.63, 3.8) is 0 Å². The van der Waals surface area contributed by atoms with Crippen molar-refractivity contribution in [3.05, 3.63) is 48.5 Å². The molecule has 0 radical (unpaired) electrons. The van der Waals surface area contributed by atoms with Gasteiger partial charge >= 0.3 is 24.3 Å². The van der Waals surface area contributed by atoms with Crippen LogP contribution in [0.5, 0.6) is 11.5 Å². The first-order valence-corrected chi connectivity index (χ1v) is 7.51. The lowest BCUT2D eigenvalue weighted by Crippen LogP contribution is -2.29. The second-order valence-electron chi connectivity index (χ2n) is 5.52. The first-order chi connectivity index (χ1) is 13.0. The average Bonchev–Trinajstić information content (AvgIpc) is 2.62. The number of esters is 2. The molecule has 0 saturated heterocycles. The lowest BCUT2D eigenvalue weighted by molar-refractivity contribution is -0.189. The van der Waals surface area contributed by atoms with Crippen LogP contribution in [0.1, 0.15) is 0 Å². The molecule has 0 heterocycles. The zero-order chi connectivity index (χ0) is 20.7. The molecule has 0 spiro atoms. The van der Waals surface area contributed by atoms with Gasteiger partial charge in [0.15, 0.2) is 0 Å². The van der Waals surface area contributed by atoms with Gasteiger partial charge in [0.05, 0.1) is 0 Å². The number of rotatable bonds is 2.